The van der Waals surface area contributed by atoms with Crippen LogP contribution in [0.15, 0.2) is 47.6 Å². The predicted molar refractivity (Wildman–Crippen MR) is 105 cm³/mol. The van der Waals surface area contributed by atoms with Gasteiger partial charge in [-0.2, -0.15) is 10.1 Å². The van der Waals surface area contributed by atoms with Gasteiger partial charge in [0.1, 0.15) is 22.3 Å². The van der Waals surface area contributed by atoms with E-state index in [1.165, 1.54) is 24.4 Å². The maximum Gasteiger partial charge on any atom is 0.239 e. The summed E-state index contributed by atoms with van der Waals surface area (Å²) in [4.78, 5) is 12.0. The topological polar surface area (TPSA) is 152 Å². The van der Waals surface area contributed by atoms with Gasteiger partial charge in [0.2, 0.25) is 16.0 Å². The molecule has 0 spiro atoms. The highest BCUT2D eigenvalue weighted by Gasteiger charge is 2.14. The van der Waals surface area contributed by atoms with Gasteiger partial charge in [-0.15, -0.1) is 0 Å². The van der Waals surface area contributed by atoms with Crippen LogP contribution in [-0.2, 0) is 10.0 Å². The zero-order valence-corrected chi connectivity index (χ0v) is 16.0. The first-order valence-electron chi connectivity index (χ1n) is 7.99. The molecule has 0 atom stereocenters. The van der Waals surface area contributed by atoms with Crippen LogP contribution in [0.4, 0.5) is 27.7 Å². The van der Waals surface area contributed by atoms with E-state index < -0.39 is 15.8 Å². The lowest BCUT2D eigenvalue weighted by Gasteiger charge is -2.09. The molecule has 5 N–H and O–H groups in total. The van der Waals surface area contributed by atoms with Gasteiger partial charge < -0.3 is 10.6 Å². The third kappa shape index (κ3) is 4.08. The third-order valence-corrected chi connectivity index (χ3v) is 5.17. The Kier molecular flexibility index (Phi) is 4.74. The number of H-pyrrole nitrogens is 1. The molecule has 0 saturated heterocycles. The van der Waals surface area contributed by atoms with Crippen LogP contribution < -0.4 is 15.8 Å². The van der Waals surface area contributed by atoms with Crippen LogP contribution in [0, 0.1) is 5.82 Å². The van der Waals surface area contributed by atoms with Crippen molar-refractivity contribution in [1.29, 1.82) is 0 Å². The number of benzene rings is 1. The van der Waals surface area contributed by atoms with Crippen molar-refractivity contribution >= 4 is 55.9 Å². The van der Waals surface area contributed by atoms with E-state index in [1.807, 2.05) is 0 Å². The van der Waals surface area contributed by atoms with E-state index in [9.17, 15) is 12.8 Å². The van der Waals surface area contributed by atoms with Gasteiger partial charge in [0.25, 0.3) is 0 Å². The molecular formula is C16H12ClFN8O2S. The quantitative estimate of drug-likeness (QED) is 0.374. The summed E-state index contributed by atoms with van der Waals surface area (Å²) < 4.78 is 36.7. The van der Waals surface area contributed by atoms with Crippen LogP contribution in [0.3, 0.4) is 0 Å². The molecule has 0 radical (unpaired) electrons. The Morgan fingerprint density at radius 1 is 1.14 bits per heavy atom. The Bertz CT molecular complexity index is 1330. The summed E-state index contributed by atoms with van der Waals surface area (Å²) in [6, 6.07) is 7.10. The van der Waals surface area contributed by atoms with Crippen LogP contribution in [0.5, 0.6) is 0 Å². The molecule has 3 heterocycles. The number of halogens is 2. The van der Waals surface area contributed by atoms with Crippen LogP contribution >= 0.6 is 11.6 Å². The fourth-order valence-electron chi connectivity index (χ4n) is 2.51. The number of anilines is 4. The number of aromatic nitrogens is 5. The Hall–Kier alpha value is -3.35. The van der Waals surface area contributed by atoms with E-state index in [-0.39, 0.29) is 15.9 Å². The van der Waals surface area contributed by atoms with Crippen LogP contribution in [-0.4, -0.2) is 33.6 Å². The van der Waals surface area contributed by atoms with Crippen LogP contribution in [0.1, 0.15) is 0 Å². The molecule has 0 fully saturated rings. The minimum atomic E-state index is -3.99. The molecular weight excluding hydrogens is 423 g/mol. The average molecular weight is 435 g/mol. The first-order valence-corrected chi connectivity index (χ1v) is 9.91. The molecule has 148 valence electrons. The largest absolute Gasteiger partial charge is 0.325 e. The summed E-state index contributed by atoms with van der Waals surface area (Å²) in [5.41, 5.74) is 0.715. The molecule has 29 heavy (non-hydrogen) atoms. The van der Waals surface area contributed by atoms with E-state index in [4.69, 9.17) is 16.7 Å². The Morgan fingerprint density at radius 2 is 1.97 bits per heavy atom. The lowest BCUT2D eigenvalue weighted by Crippen LogP contribution is -2.13. The van der Waals surface area contributed by atoms with Crippen molar-refractivity contribution in [2.75, 3.05) is 10.6 Å². The van der Waals surface area contributed by atoms with E-state index in [0.29, 0.717) is 28.4 Å². The highest BCUT2D eigenvalue weighted by molar-refractivity contribution is 7.89. The number of nitrogens with one attached hydrogen (secondary N) is 3. The SMILES string of the molecule is NS(=O)(=O)c1cc(Nc2nccc(Nc3[nH]nc4ncc(F)cc34)n2)ccc1Cl. The van der Waals surface area contributed by atoms with Gasteiger partial charge in [0.05, 0.1) is 16.6 Å². The van der Waals surface area contributed by atoms with Gasteiger partial charge in [-0.25, -0.2) is 27.9 Å². The van der Waals surface area contributed by atoms with Crippen molar-refractivity contribution in [2.24, 2.45) is 5.14 Å². The van der Waals surface area contributed by atoms with E-state index >= 15 is 0 Å². The molecule has 4 aromatic rings. The second-order valence-corrected chi connectivity index (χ2v) is 7.77. The minimum Gasteiger partial charge on any atom is -0.325 e. The molecule has 0 bridgehead atoms. The number of aromatic amines is 1. The minimum absolute atomic E-state index is 0.00125. The summed E-state index contributed by atoms with van der Waals surface area (Å²) in [6.45, 7) is 0. The van der Waals surface area contributed by atoms with Crippen molar-refractivity contribution in [3.8, 4) is 0 Å². The summed E-state index contributed by atoms with van der Waals surface area (Å²) in [5.74, 6) is 0.448. The number of fused-ring (bicyclic) bond motifs is 1. The molecule has 1 aromatic carbocycles. The lowest BCUT2D eigenvalue weighted by atomic mass is 10.3. The number of pyridine rings is 1. The van der Waals surface area contributed by atoms with E-state index in [0.717, 1.165) is 6.20 Å². The van der Waals surface area contributed by atoms with Crippen molar-refractivity contribution in [3.63, 3.8) is 0 Å². The monoisotopic (exact) mass is 434 g/mol. The second kappa shape index (κ2) is 7.24. The first kappa shape index (κ1) is 19.0. The second-order valence-electron chi connectivity index (χ2n) is 5.83. The number of hydrogen-bond acceptors (Lipinski definition) is 8. The van der Waals surface area contributed by atoms with Gasteiger partial charge >= 0.3 is 0 Å². The molecule has 0 aliphatic carbocycles. The Morgan fingerprint density at radius 3 is 2.76 bits per heavy atom. The summed E-state index contributed by atoms with van der Waals surface area (Å²) in [7, 11) is -3.99. The van der Waals surface area contributed by atoms with Crippen LogP contribution in [0.25, 0.3) is 11.0 Å². The molecule has 0 aliphatic heterocycles. The highest BCUT2D eigenvalue weighted by atomic mass is 35.5. The molecule has 0 unspecified atom stereocenters. The highest BCUT2D eigenvalue weighted by Crippen LogP contribution is 2.26. The van der Waals surface area contributed by atoms with Crippen LogP contribution in [0.2, 0.25) is 5.02 Å². The van der Waals surface area contributed by atoms with Crippen molar-refractivity contribution in [2.45, 2.75) is 4.90 Å². The first-order chi connectivity index (χ1) is 13.8. The number of rotatable bonds is 5. The average Bonchev–Trinajstić information content (AvgIpc) is 3.05. The molecule has 0 amide bonds. The van der Waals surface area contributed by atoms with Gasteiger partial charge in [-0.05, 0) is 30.3 Å². The zero-order valence-electron chi connectivity index (χ0n) is 14.4. The fraction of sp³-hybridized carbons (Fsp3) is 0. The van der Waals surface area contributed by atoms with Gasteiger partial charge in [-0.1, -0.05) is 11.6 Å². The Labute approximate surface area is 168 Å². The van der Waals surface area contributed by atoms with Gasteiger partial charge in [0.15, 0.2) is 5.65 Å². The maximum atomic E-state index is 13.5. The standard InChI is InChI=1S/C16H12ClFN8O2S/c17-11-2-1-9(6-12(11)29(19,27)28)22-16-20-4-3-13(24-16)23-15-10-5-8(18)7-21-14(10)25-26-15/h1-7H,(H2,19,27,28)(H3,20,21,22,23,24,25,26). The summed E-state index contributed by atoms with van der Waals surface area (Å²) >= 11 is 5.88. The predicted octanol–water partition coefficient (Wildman–Crippen LogP) is 2.68. The number of sulfonamides is 1. The van der Waals surface area contributed by atoms with Gasteiger partial charge in [-0.3, -0.25) is 5.10 Å². The molecule has 10 nitrogen and oxygen atoms in total. The number of primary sulfonamides is 1. The van der Waals surface area contributed by atoms with Crippen molar-refractivity contribution in [1.82, 2.24) is 25.1 Å². The van der Waals surface area contributed by atoms with Gasteiger partial charge in [0, 0.05) is 11.9 Å². The van der Waals surface area contributed by atoms with E-state index in [1.54, 1.807) is 12.1 Å². The third-order valence-electron chi connectivity index (χ3n) is 3.78. The summed E-state index contributed by atoms with van der Waals surface area (Å²) in [6.07, 6.45) is 2.55. The maximum absolute atomic E-state index is 13.5. The molecule has 4 rings (SSSR count). The number of nitrogens with two attached hydrogens (primary N) is 1. The zero-order chi connectivity index (χ0) is 20.6. The summed E-state index contributed by atoms with van der Waals surface area (Å²) in [5, 5.41) is 18.2. The Balaban J connectivity index is 1.60. The normalized spacial score (nSPS) is 11.6. The fourth-order valence-corrected chi connectivity index (χ4v) is 3.59. The lowest BCUT2D eigenvalue weighted by molar-refractivity contribution is 0.598. The number of nitrogens with zero attached hydrogens (tertiary/aromatic N) is 4. The molecule has 3 aromatic heterocycles. The van der Waals surface area contributed by atoms with Crippen molar-refractivity contribution in [3.05, 3.63) is 53.6 Å². The molecule has 0 saturated carbocycles. The molecule has 13 heteroatoms. The van der Waals surface area contributed by atoms with Crippen molar-refractivity contribution < 1.29 is 12.8 Å². The smallest absolute Gasteiger partial charge is 0.239 e. The van der Waals surface area contributed by atoms with E-state index in [2.05, 4.69) is 35.8 Å². The number of hydrogen-bond donors (Lipinski definition) is 4. The molecule has 0 aliphatic rings.